The van der Waals surface area contributed by atoms with Crippen LogP contribution in [0.5, 0.6) is 0 Å². The van der Waals surface area contributed by atoms with Crippen LogP contribution in [0.2, 0.25) is 0 Å². The Morgan fingerprint density at radius 1 is 0.925 bits per heavy atom. The molecule has 1 saturated heterocycles. The summed E-state index contributed by atoms with van der Waals surface area (Å²) in [5.74, 6) is 0.976. The summed E-state index contributed by atoms with van der Waals surface area (Å²) in [4.78, 5) is 20.1. The SMILES string of the molecule is Cl.Cl.Cn1cc(-c2cc(-c3ccc(N4CCNCC4)nc3)c3c(C#N)cnn3c2)cn1.O=C=Nc1ccccc1. The van der Waals surface area contributed by atoms with Gasteiger partial charge >= 0.3 is 0 Å². The minimum atomic E-state index is 0. The molecule has 6 rings (SSSR count). The number of nitrogens with zero attached hydrogens (tertiary/aromatic N) is 8. The molecule has 1 N–H and O–H groups in total. The van der Waals surface area contributed by atoms with Gasteiger partial charge in [0.1, 0.15) is 11.9 Å². The Labute approximate surface area is 243 Å². The summed E-state index contributed by atoms with van der Waals surface area (Å²) in [6, 6.07) is 17.4. The van der Waals surface area contributed by atoms with E-state index in [4.69, 9.17) is 4.98 Å². The van der Waals surface area contributed by atoms with Gasteiger partial charge in [-0.05, 0) is 30.3 Å². The van der Waals surface area contributed by atoms with Crippen LogP contribution in [0, 0.1) is 11.3 Å². The summed E-state index contributed by atoms with van der Waals surface area (Å²) in [5.41, 5.74) is 5.85. The van der Waals surface area contributed by atoms with Crippen LogP contribution in [0.25, 0.3) is 27.8 Å². The second-order valence-corrected chi connectivity index (χ2v) is 8.69. The number of pyridine rings is 2. The molecular formula is C28H27Cl2N9O. The number of hydrogen-bond donors (Lipinski definition) is 1. The zero-order chi connectivity index (χ0) is 26.3. The van der Waals surface area contributed by atoms with Gasteiger partial charge in [-0.1, -0.05) is 18.2 Å². The summed E-state index contributed by atoms with van der Waals surface area (Å²) in [6.45, 7) is 3.85. The van der Waals surface area contributed by atoms with Crippen molar-refractivity contribution in [3.05, 3.63) is 85.1 Å². The van der Waals surface area contributed by atoms with Crippen LogP contribution in [-0.4, -0.2) is 56.6 Å². The van der Waals surface area contributed by atoms with Gasteiger partial charge in [0, 0.05) is 74.1 Å². The van der Waals surface area contributed by atoms with E-state index < -0.39 is 0 Å². The van der Waals surface area contributed by atoms with Crippen molar-refractivity contribution in [2.24, 2.45) is 12.0 Å². The number of nitrogens with one attached hydrogen (secondary N) is 1. The second kappa shape index (κ2) is 14.0. The second-order valence-electron chi connectivity index (χ2n) is 8.69. The van der Waals surface area contributed by atoms with Crippen LogP contribution < -0.4 is 10.2 Å². The predicted molar refractivity (Wildman–Crippen MR) is 159 cm³/mol. The van der Waals surface area contributed by atoms with E-state index in [1.54, 1.807) is 27.5 Å². The molecule has 5 aromatic rings. The van der Waals surface area contributed by atoms with E-state index in [0.29, 0.717) is 11.3 Å². The van der Waals surface area contributed by atoms with Gasteiger partial charge in [0.05, 0.1) is 29.2 Å². The molecule has 1 aromatic carbocycles. The first kappa shape index (κ1) is 30.0. The number of hydrogen-bond acceptors (Lipinski definition) is 8. The molecule has 0 aliphatic carbocycles. The first-order valence-electron chi connectivity index (χ1n) is 12.1. The maximum absolute atomic E-state index is 9.68. The molecule has 1 aliphatic rings. The van der Waals surface area contributed by atoms with Gasteiger partial charge in [0.2, 0.25) is 6.08 Å². The van der Waals surface area contributed by atoms with Crippen LogP contribution in [0.1, 0.15) is 5.56 Å². The molecular weight excluding hydrogens is 549 g/mol. The van der Waals surface area contributed by atoms with E-state index in [1.807, 2.05) is 50.0 Å². The number of fused-ring (bicyclic) bond motifs is 1. The Morgan fingerprint density at radius 3 is 2.33 bits per heavy atom. The van der Waals surface area contributed by atoms with Gasteiger partial charge in [0.15, 0.2) is 0 Å². The highest BCUT2D eigenvalue weighted by atomic mass is 35.5. The largest absolute Gasteiger partial charge is 0.354 e. The third-order valence-corrected chi connectivity index (χ3v) is 6.20. The molecule has 1 aliphatic heterocycles. The fraction of sp³-hybridized carbons (Fsp3) is 0.179. The lowest BCUT2D eigenvalue weighted by Gasteiger charge is -2.28. The Morgan fingerprint density at radius 2 is 1.70 bits per heavy atom. The van der Waals surface area contributed by atoms with Crippen molar-refractivity contribution >= 4 is 47.9 Å². The number of aryl methyl sites for hydroxylation is 1. The lowest BCUT2D eigenvalue weighted by Crippen LogP contribution is -2.43. The van der Waals surface area contributed by atoms with Crippen LogP contribution in [0.4, 0.5) is 11.5 Å². The van der Waals surface area contributed by atoms with Crippen molar-refractivity contribution in [1.82, 2.24) is 29.7 Å². The molecule has 0 spiro atoms. The quantitative estimate of drug-likeness (QED) is 0.246. The number of rotatable bonds is 4. The molecule has 204 valence electrons. The van der Waals surface area contributed by atoms with Gasteiger partial charge in [-0.15, -0.1) is 24.8 Å². The van der Waals surface area contributed by atoms with Crippen LogP contribution in [-0.2, 0) is 11.8 Å². The van der Waals surface area contributed by atoms with Crippen LogP contribution >= 0.6 is 24.8 Å². The van der Waals surface area contributed by atoms with E-state index in [1.165, 1.54) is 6.08 Å². The van der Waals surface area contributed by atoms with Gasteiger partial charge in [-0.3, -0.25) is 4.68 Å². The van der Waals surface area contributed by atoms with E-state index in [0.717, 1.165) is 59.8 Å². The van der Waals surface area contributed by atoms with Crippen molar-refractivity contribution < 1.29 is 4.79 Å². The minimum absolute atomic E-state index is 0. The van der Waals surface area contributed by atoms with E-state index >= 15 is 0 Å². The number of benzene rings is 1. The molecule has 0 atom stereocenters. The van der Waals surface area contributed by atoms with Crippen molar-refractivity contribution in [3.8, 4) is 28.3 Å². The summed E-state index contributed by atoms with van der Waals surface area (Å²) < 4.78 is 3.53. The lowest BCUT2D eigenvalue weighted by molar-refractivity contribution is 0.565. The summed E-state index contributed by atoms with van der Waals surface area (Å²) >= 11 is 0. The molecule has 40 heavy (non-hydrogen) atoms. The van der Waals surface area contributed by atoms with E-state index in [9.17, 15) is 10.1 Å². The fourth-order valence-electron chi connectivity index (χ4n) is 4.33. The number of carbonyl (C=O) groups excluding carboxylic acids is 1. The Balaban J connectivity index is 0.000000345. The normalized spacial score (nSPS) is 12.2. The van der Waals surface area contributed by atoms with Crippen molar-refractivity contribution in [2.45, 2.75) is 0 Å². The smallest absolute Gasteiger partial charge is 0.240 e. The Bertz CT molecular complexity index is 1630. The summed E-state index contributed by atoms with van der Waals surface area (Å²) in [7, 11) is 1.89. The monoisotopic (exact) mass is 575 g/mol. The molecule has 1 fully saturated rings. The average molecular weight is 576 g/mol. The number of piperazine rings is 1. The maximum Gasteiger partial charge on any atom is 0.240 e. The fourth-order valence-corrected chi connectivity index (χ4v) is 4.33. The number of para-hydroxylation sites is 1. The van der Waals surface area contributed by atoms with E-state index in [2.05, 4.69) is 49.7 Å². The number of nitriles is 1. The van der Waals surface area contributed by atoms with Gasteiger partial charge in [-0.2, -0.15) is 20.5 Å². The molecule has 5 heterocycles. The Kier molecular flexibility index (Phi) is 10.5. The molecule has 10 nitrogen and oxygen atoms in total. The topological polar surface area (TPSA) is 117 Å². The van der Waals surface area contributed by atoms with Gasteiger partial charge < -0.3 is 10.2 Å². The first-order chi connectivity index (χ1) is 18.7. The molecule has 0 saturated carbocycles. The molecule has 0 amide bonds. The molecule has 12 heteroatoms. The minimum Gasteiger partial charge on any atom is -0.354 e. The third-order valence-electron chi connectivity index (χ3n) is 6.20. The van der Waals surface area contributed by atoms with Crippen LogP contribution in [0.15, 0.2) is 84.5 Å². The van der Waals surface area contributed by atoms with E-state index in [-0.39, 0.29) is 24.8 Å². The standard InChI is InChI=1S/C21H20N8.C7H5NO.2ClH/c1-27-13-18(12-25-27)16-8-19(21-17(9-22)11-26-29(21)14-16)15-2-3-20(24-10-15)28-6-4-23-5-7-28;9-6-8-7-4-2-1-3-5-7;;/h2-3,8,10-14,23H,4-7H2,1H3;1-5H;2*1H. The van der Waals surface area contributed by atoms with Crippen molar-refractivity contribution in [2.75, 3.05) is 31.1 Å². The van der Waals surface area contributed by atoms with Gasteiger partial charge in [0.25, 0.3) is 0 Å². The number of anilines is 1. The maximum atomic E-state index is 9.68. The number of aliphatic imine (C=N–C) groups is 1. The molecule has 0 radical (unpaired) electrons. The number of aromatic nitrogens is 5. The third kappa shape index (κ3) is 6.72. The van der Waals surface area contributed by atoms with Crippen molar-refractivity contribution in [3.63, 3.8) is 0 Å². The molecule has 4 aromatic heterocycles. The summed E-state index contributed by atoms with van der Waals surface area (Å²) in [6.07, 6.45) is 10.7. The predicted octanol–water partition coefficient (Wildman–Crippen LogP) is 4.58. The highest BCUT2D eigenvalue weighted by molar-refractivity contribution is 5.87. The zero-order valence-corrected chi connectivity index (χ0v) is 23.3. The highest BCUT2D eigenvalue weighted by Gasteiger charge is 2.16. The summed E-state index contributed by atoms with van der Waals surface area (Å²) in [5, 5.41) is 21.6. The highest BCUT2D eigenvalue weighted by Crippen LogP contribution is 2.32. The average Bonchev–Trinajstić information content (AvgIpc) is 3.60. The number of halogens is 2. The zero-order valence-electron chi connectivity index (χ0n) is 21.6. The molecule has 0 bridgehead atoms. The van der Waals surface area contributed by atoms with Crippen molar-refractivity contribution in [1.29, 1.82) is 5.26 Å². The Hall–Kier alpha value is -4.52. The number of isocyanates is 1. The molecule has 0 unspecified atom stereocenters. The van der Waals surface area contributed by atoms with Gasteiger partial charge in [-0.25, -0.2) is 14.3 Å². The lowest BCUT2D eigenvalue weighted by atomic mass is 10.0. The van der Waals surface area contributed by atoms with Crippen LogP contribution in [0.3, 0.4) is 0 Å². The first-order valence-corrected chi connectivity index (χ1v) is 12.1.